The molecule has 1 aliphatic rings. The quantitative estimate of drug-likeness (QED) is 0.547. The van der Waals surface area contributed by atoms with Crippen LogP contribution in [0, 0.1) is 0 Å². The Balaban J connectivity index is 1.52. The number of aromatic nitrogens is 3. The summed E-state index contributed by atoms with van der Waals surface area (Å²) >= 11 is 0. The molecule has 1 fully saturated rings. The summed E-state index contributed by atoms with van der Waals surface area (Å²) in [7, 11) is 1.32. The van der Waals surface area contributed by atoms with Crippen LogP contribution in [0.1, 0.15) is 34.8 Å². The van der Waals surface area contributed by atoms with E-state index >= 15 is 0 Å². The number of hydrogen-bond acceptors (Lipinski definition) is 4. The van der Waals surface area contributed by atoms with Crippen molar-refractivity contribution in [1.29, 1.82) is 0 Å². The van der Waals surface area contributed by atoms with Crippen LogP contribution in [0.5, 0.6) is 0 Å². The van der Waals surface area contributed by atoms with Gasteiger partial charge in [-0.05, 0) is 31.0 Å². The highest BCUT2D eigenvalue weighted by Gasteiger charge is 2.25. The molecule has 0 aliphatic heterocycles. The molecule has 1 aliphatic carbocycles. The van der Waals surface area contributed by atoms with E-state index in [-0.39, 0.29) is 0 Å². The van der Waals surface area contributed by atoms with Crippen LogP contribution < -0.4 is 10.6 Å². The Hall–Kier alpha value is -3.29. The predicted molar refractivity (Wildman–Crippen MR) is 92.8 cm³/mol. The summed E-state index contributed by atoms with van der Waals surface area (Å²) in [5, 5.41) is 13.1. The maximum absolute atomic E-state index is 12.2. The molecule has 2 aromatic heterocycles. The van der Waals surface area contributed by atoms with Crippen molar-refractivity contribution >= 4 is 34.4 Å². The largest absolute Gasteiger partial charge is 0.465 e. The van der Waals surface area contributed by atoms with Gasteiger partial charge in [0.05, 0.1) is 12.7 Å². The Bertz CT molecular complexity index is 954. The number of nitrogens with one attached hydrogen (secondary N) is 4. The number of hydrogen-bond donors (Lipinski definition) is 4. The van der Waals surface area contributed by atoms with Gasteiger partial charge in [-0.2, -0.15) is 5.10 Å². The molecule has 8 heteroatoms. The Morgan fingerprint density at radius 2 is 2.08 bits per heavy atom. The van der Waals surface area contributed by atoms with Crippen LogP contribution in [0.4, 0.5) is 16.3 Å². The molecule has 3 aromatic rings. The average molecular weight is 339 g/mol. The Morgan fingerprint density at radius 1 is 1.24 bits per heavy atom. The highest BCUT2D eigenvalue weighted by atomic mass is 16.5. The van der Waals surface area contributed by atoms with E-state index in [1.54, 1.807) is 24.4 Å². The molecule has 0 atom stereocenters. The van der Waals surface area contributed by atoms with Crippen molar-refractivity contribution in [2.45, 2.75) is 18.8 Å². The second-order valence-electron chi connectivity index (χ2n) is 6.02. The van der Waals surface area contributed by atoms with Crippen molar-refractivity contribution in [3.05, 3.63) is 41.7 Å². The molecule has 0 unspecified atom stereocenters. The molecule has 2 amide bonds. The maximum atomic E-state index is 12.2. The van der Waals surface area contributed by atoms with Gasteiger partial charge in [0, 0.05) is 40.5 Å². The van der Waals surface area contributed by atoms with Crippen molar-refractivity contribution in [2.24, 2.45) is 0 Å². The van der Waals surface area contributed by atoms with Gasteiger partial charge in [-0.1, -0.05) is 0 Å². The van der Waals surface area contributed by atoms with Crippen molar-refractivity contribution in [3.63, 3.8) is 0 Å². The number of H-pyrrole nitrogens is 2. The van der Waals surface area contributed by atoms with Gasteiger partial charge in [0.25, 0.3) is 0 Å². The van der Waals surface area contributed by atoms with Crippen LogP contribution >= 0.6 is 0 Å². The van der Waals surface area contributed by atoms with Crippen molar-refractivity contribution in [2.75, 3.05) is 17.7 Å². The molecule has 4 rings (SSSR count). The first-order valence-corrected chi connectivity index (χ1v) is 7.97. The standard InChI is InChI=1S/C17H17N5O3/c1-25-16(23)12-6-10(7-14-11(12)4-5-18-14)19-17(24)20-15-8-13(21-22-15)9-2-3-9/h4-9,18H,2-3H2,1H3,(H3,19,20,21,22,24). The fourth-order valence-electron chi connectivity index (χ4n) is 2.80. The Kier molecular flexibility index (Phi) is 3.64. The van der Waals surface area contributed by atoms with Gasteiger partial charge in [0.15, 0.2) is 5.82 Å². The number of fused-ring (bicyclic) bond motifs is 1. The third-order valence-electron chi connectivity index (χ3n) is 4.19. The average Bonchev–Trinajstić information content (AvgIpc) is 3.16. The number of benzene rings is 1. The molecule has 8 nitrogen and oxygen atoms in total. The predicted octanol–water partition coefficient (Wildman–Crippen LogP) is 3.20. The summed E-state index contributed by atoms with van der Waals surface area (Å²) in [4.78, 5) is 27.2. The number of carbonyl (C=O) groups is 2. The van der Waals surface area contributed by atoms with E-state index in [1.165, 1.54) is 7.11 Å². The molecule has 0 bridgehead atoms. The van der Waals surface area contributed by atoms with E-state index in [0.29, 0.717) is 23.0 Å². The number of urea groups is 1. The van der Waals surface area contributed by atoms with E-state index in [4.69, 9.17) is 4.74 Å². The van der Waals surface area contributed by atoms with Gasteiger partial charge in [-0.25, -0.2) is 9.59 Å². The number of esters is 1. The van der Waals surface area contributed by atoms with E-state index in [2.05, 4.69) is 25.8 Å². The molecule has 1 saturated carbocycles. The summed E-state index contributed by atoms with van der Waals surface area (Å²) in [6.45, 7) is 0. The first-order valence-electron chi connectivity index (χ1n) is 7.97. The lowest BCUT2D eigenvalue weighted by Crippen LogP contribution is -2.20. The van der Waals surface area contributed by atoms with E-state index in [1.807, 2.05) is 6.07 Å². The van der Waals surface area contributed by atoms with Gasteiger partial charge in [-0.3, -0.25) is 10.4 Å². The number of carbonyl (C=O) groups excluding carboxylic acids is 2. The molecular weight excluding hydrogens is 322 g/mol. The van der Waals surface area contributed by atoms with Gasteiger partial charge in [0.2, 0.25) is 0 Å². The lowest BCUT2D eigenvalue weighted by Gasteiger charge is -2.08. The molecule has 2 heterocycles. The topological polar surface area (TPSA) is 112 Å². The zero-order valence-electron chi connectivity index (χ0n) is 13.6. The number of rotatable bonds is 4. The summed E-state index contributed by atoms with van der Waals surface area (Å²) in [5.41, 5.74) is 2.63. The number of nitrogens with zero attached hydrogens (tertiary/aromatic N) is 1. The van der Waals surface area contributed by atoms with Crippen molar-refractivity contribution in [3.8, 4) is 0 Å². The molecule has 25 heavy (non-hydrogen) atoms. The van der Waals surface area contributed by atoms with Crippen LogP contribution in [0.15, 0.2) is 30.5 Å². The highest BCUT2D eigenvalue weighted by molar-refractivity contribution is 6.07. The van der Waals surface area contributed by atoms with Crippen LogP contribution in [0.2, 0.25) is 0 Å². The number of anilines is 2. The normalized spacial score (nSPS) is 13.6. The highest BCUT2D eigenvalue weighted by Crippen LogP contribution is 2.39. The van der Waals surface area contributed by atoms with Crippen molar-refractivity contribution in [1.82, 2.24) is 15.2 Å². The minimum Gasteiger partial charge on any atom is -0.465 e. The van der Waals surface area contributed by atoms with Crippen LogP contribution in [0.25, 0.3) is 10.9 Å². The summed E-state index contributed by atoms with van der Waals surface area (Å²) in [6, 6.07) is 6.53. The monoisotopic (exact) mass is 339 g/mol. The van der Waals surface area contributed by atoms with E-state index in [0.717, 1.165) is 29.4 Å². The minimum absolute atomic E-state index is 0.382. The fraction of sp³-hybridized carbons (Fsp3) is 0.235. The van der Waals surface area contributed by atoms with Gasteiger partial charge in [-0.15, -0.1) is 0 Å². The third kappa shape index (κ3) is 3.06. The van der Waals surface area contributed by atoms with Crippen LogP contribution in [-0.2, 0) is 4.74 Å². The van der Waals surface area contributed by atoms with E-state index < -0.39 is 12.0 Å². The van der Waals surface area contributed by atoms with Crippen LogP contribution in [-0.4, -0.2) is 34.3 Å². The van der Waals surface area contributed by atoms with Gasteiger partial charge >= 0.3 is 12.0 Å². The second-order valence-corrected chi connectivity index (χ2v) is 6.02. The summed E-state index contributed by atoms with van der Waals surface area (Å²) < 4.78 is 4.81. The Morgan fingerprint density at radius 3 is 2.84 bits per heavy atom. The smallest absolute Gasteiger partial charge is 0.338 e. The molecule has 0 radical (unpaired) electrons. The molecule has 128 valence electrons. The lowest BCUT2D eigenvalue weighted by atomic mass is 10.1. The van der Waals surface area contributed by atoms with Crippen molar-refractivity contribution < 1.29 is 14.3 Å². The van der Waals surface area contributed by atoms with Gasteiger partial charge < -0.3 is 15.0 Å². The summed E-state index contributed by atoms with van der Waals surface area (Å²) in [5.74, 6) is 0.535. The molecular formula is C17H17N5O3. The Labute approximate surface area is 142 Å². The number of methoxy groups -OCH3 is 1. The molecule has 0 spiro atoms. The minimum atomic E-state index is -0.463. The third-order valence-corrected chi connectivity index (χ3v) is 4.19. The fourth-order valence-corrected chi connectivity index (χ4v) is 2.80. The van der Waals surface area contributed by atoms with E-state index in [9.17, 15) is 9.59 Å². The number of amides is 2. The molecule has 0 saturated heterocycles. The van der Waals surface area contributed by atoms with Crippen LogP contribution in [0.3, 0.4) is 0 Å². The maximum Gasteiger partial charge on any atom is 0.338 e. The SMILES string of the molecule is COC(=O)c1cc(NC(=O)Nc2cc(C3CC3)[nH]n2)cc2[nH]ccc12. The number of aromatic amines is 2. The number of ether oxygens (including phenoxy) is 1. The van der Waals surface area contributed by atoms with Gasteiger partial charge in [0.1, 0.15) is 0 Å². The summed E-state index contributed by atoms with van der Waals surface area (Å²) in [6.07, 6.45) is 4.03. The molecule has 1 aromatic carbocycles. The first-order chi connectivity index (χ1) is 12.1. The molecule has 4 N–H and O–H groups in total. The zero-order chi connectivity index (χ0) is 17.4. The lowest BCUT2D eigenvalue weighted by molar-refractivity contribution is 0.0603. The first kappa shape index (κ1) is 15.3. The second kappa shape index (κ2) is 5.97. The zero-order valence-corrected chi connectivity index (χ0v) is 13.6.